The molecule has 26 heavy (non-hydrogen) atoms. The molecule has 1 N–H and O–H groups in total. The average Bonchev–Trinajstić information content (AvgIpc) is 2.67. The van der Waals surface area contributed by atoms with Gasteiger partial charge in [-0.05, 0) is 19.1 Å². The minimum Gasteiger partial charge on any atom is -0.462 e. The van der Waals surface area contributed by atoms with Gasteiger partial charge in [0.25, 0.3) is 5.56 Å². The molecule has 0 spiro atoms. The van der Waals surface area contributed by atoms with Gasteiger partial charge in [-0.2, -0.15) is 5.26 Å². The molecule has 3 heterocycles. The Morgan fingerprint density at radius 3 is 2.92 bits per heavy atom. The van der Waals surface area contributed by atoms with E-state index in [1.54, 1.807) is 31.3 Å². The summed E-state index contributed by atoms with van der Waals surface area (Å²) >= 11 is 0. The van der Waals surface area contributed by atoms with Crippen LogP contribution in [0.4, 0.5) is 5.69 Å². The maximum atomic E-state index is 12.6. The van der Waals surface area contributed by atoms with E-state index in [2.05, 4.69) is 15.3 Å². The second-order valence-electron chi connectivity index (χ2n) is 5.27. The first-order valence-corrected chi connectivity index (χ1v) is 7.90. The summed E-state index contributed by atoms with van der Waals surface area (Å²) in [6, 6.07) is 6.87. The van der Waals surface area contributed by atoms with E-state index in [0.29, 0.717) is 11.2 Å². The molecule has 0 amide bonds. The van der Waals surface area contributed by atoms with E-state index >= 15 is 0 Å². The summed E-state index contributed by atoms with van der Waals surface area (Å²) in [5, 5.41) is 12.5. The normalized spacial score (nSPS) is 10.3. The number of nitriles is 1. The van der Waals surface area contributed by atoms with Gasteiger partial charge in [-0.1, -0.05) is 6.07 Å². The first-order valence-electron chi connectivity index (χ1n) is 7.90. The Hall–Kier alpha value is -3.73. The molecule has 0 radical (unpaired) electrons. The van der Waals surface area contributed by atoms with E-state index in [4.69, 9.17) is 4.74 Å². The number of hydrogen-bond donors (Lipinski definition) is 1. The summed E-state index contributed by atoms with van der Waals surface area (Å²) in [7, 11) is 0. The Kier molecular flexibility index (Phi) is 4.90. The molecule has 8 heteroatoms. The SMILES string of the molecule is CCOC(=O)c1c(NCc2cnccn2)c(C#N)c(=O)n2ccccc12. The molecule has 130 valence electrons. The molecule has 0 saturated heterocycles. The van der Waals surface area contributed by atoms with Crippen molar-refractivity contribution in [3.63, 3.8) is 0 Å². The molecule has 0 unspecified atom stereocenters. The van der Waals surface area contributed by atoms with Crippen LogP contribution in [-0.2, 0) is 11.3 Å². The number of carbonyl (C=O) groups excluding carboxylic acids is 1. The Bertz CT molecular complexity index is 1050. The number of fused-ring (bicyclic) bond motifs is 1. The number of anilines is 1. The molecule has 0 aliphatic heterocycles. The zero-order valence-electron chi connectivity index (χ0n) is 14.0. The summed E-state index contributed by atoms with van der Waals surface area (Å²) in [6.07, 6.45) is 6.13. The van der Waals surface area contributed by atoms with Crippen LogP contribution < -0.4 is 10.9 Å². The lowest BCUT2D eigenvalue weighted by molar-refractivity contribution is 0.0529. The zero-order chi connectivity index (χ0) is 18.5. The Balaban J connectivity index is 2.21. The fraction of sp³-hybridized carbons (Fsp3) is 0.167. The van der Waals surface area contributed by atoms with Crippen molar-refractivity contribution < 1.29 is 9.53 Å². The maximum absolute atomic E-state index is 12.6. The predicted molar refractivity (Wildman–Crippen MR) is 93.7 cm³/mol. The van der Waals surface area contributed by atoms with Crippen molar-refractivity contribution in [2.45, 2.75) is 13.5 Å². The number of pyridine rings is 2. The average molecular weight is 349 g/mol. The van der Waals surface area contributed by atoms with Crippen molar-refractivity contribution in [1.29, 1.82) is 5.26 Å². The summed E-state index contributed by atoms with van der Waals surface area (Å²) in [5.41, 5.74) is 0.537. The predicted octanol–water partition coefficient (Wildman–Crippen LogP) is 1.75. The summed E-state index contributed by atoms with van der Waals surface area (Å²) in [4.78, 5) is 33.3. The lowest BCUT2D eigenvalue weighted by atomic mass is 10.1. The van der Waals surface area contributed by atoms with Crippen LogP contribution in [0.3, 0.4) is 0 Å². The number of nitrogens with zero attached hydrogens (tertiary/aromatic N) is 4. The Labute approximate surface area is 148 Å². The van der Waals surface area contributed by atoms with E-state index in [-0.39, 0.29) is 30.0 Å². The van der Waals surface area contributed by atoms with Crippen molar-refractivity contribution in [2.24, 2.45) is 0 Å². The quantitative estimate of drug-likeness (QED) is 0.699. The summed E-state index contributed by atoms with van der Waals surface area (Å²) in [5.74, 6) is -0.616. The number of aromatic nitrogens is 3. The van der Waals surface area contributed by atoms with E-state index in [0.717, 1.165) is 0 Å². The number of esters is 1. The number of nitrogens with one attached hydrogen (secondary N) is 1. The molecule has 0 saturated carbocycles. The van der Waals surface area contributed by atoms with Crippen molar-refractivity contribution in [2.75, 3.05) is 11.9 Å². The van der Waals surface area contributed by atoms with Gasteiger partial charge < -0.3 is 10.1 Å². The highest BCUT2D eigenvalue weighted by atomic mass is 16.5. The molecule has 0 atom stereocenters. The smallest absolute Gasteiger partial charge is 0.342 e. The van der Waals surface area contributed by atoms with Gasteiger partial charge in [-0.25, -0.2) is 4.79 Å². The highest BCUT2D eigenvalue weighted by Gasteiger charge is 2.23. The molecular weight excluding hydrogens is 334 g/mol. The highest BCUT2D eigenvalue weighted by Crippen LogP contribution is 2.24. The first kappa shape index (κ1) is 17.1. The van der Waals surface area contributed by atoms with Gasteiger partial charge in [0.15, 0.2) is 0 Å². The summed E-state index contributed by atoms with van der Waals surface area (Å²) in [6.45, 7) is 2.05. The minimum absolute atomic E-state index is 0.132. The second kappa shape index (κ2) is 7.44. The van der Waals surface area contributed by atoms with Crippen LogP contribution in [0.2, 0.25) is 0 Å². The third-order valence-electron chi connectivity index (χ3n) is 3.70. The molecule has 0 aliphatic rings. The molecule has 8 nitrogen and oxygen atoms in total. The topological polar surface area (TPSA) is 109 Å². The van der Waals surface area contributed by atoms with Crippen LogP contribution >= 0.6 is 0 Å². The zero-order valence-corrected chi connectivity index (χ0v) is 14.0. The number of ether oxygens (including phenoxy) is 1. The van der Waals surface area contributed by atoms with Crippen LogP contribution in [0.25, 0.3) is 5.52 Å². The van der Waals surface area contributed by atoms with Crippen molar-refractivity contribution in [3.8, 4) is 6.07 Å². The van der Waals surface area contributed by atoms with Crippen LogP contribution in [0.5, 0.6) is 0 Å². The highest BCUT2D eigenvalue weighted by molar-refractivity contribution is 6.04. The monoisotopic (exact) mass is 349 g/mol. The van der Waals surface area contributed by atoms with Gasteiger partial charge in [0.1, 0.15) is 17.2 Å². The van der Waals surface area contributed by atoms with E-state index in [9.17, 15) is 14.9 Å². The molecule has 0 fully saturated rings. The molecule has 3 rings (SSSR count). The Morgan fingerprint density at radius 1 is 1.38 bits per heavy atom. The molecule has 0 aliphatic carbocycles. The molecule has 0 aromatic carbocycles. The van der Waals surface area contributed by atoms with E-state index < -0.39 is 11.5 Å². The van der Waals surface area contributed by atoms with Crippen molar-refractivity contribution in [3.05, 3.63) is 70.2 Å². The van der Waals surface area contributed by atoms with Crippen molar-refractivity contribution in [1.82, 2.24) is 14.4 Å². The minimum atomic E-state index is -0.616. The first-order chi connectivity index (χ1) is 12.7. The van der Waals surface area contributed by atoms with E-state index in [1.807, 2.05) is 6.07 Å². The van der Waals surface area contributed by atoms with Crippen LogP contribution in [-0.4, -0.2) is 26.9 Å². The molecule has 0 bridgehead atoms. The number of hydrogen-bond acceptors (Lipinski definition) is 7. The van der Waals surface area contributed by atoms with Gasteiger partial charge in [0.05, 0.1) is 36.2 Å². The number of rotatable bonds is 5. The van der Waals surface area contributed by atoms with E-state index in [1.165, 1.54) is 23.0 Å². The maximum Gasteiger partial charge on any atom is 0.342 e. The molecular formula is C18H15N5O3. The van der Waals surface area contributed by atoms with Crippen LogP contribution in [0.15, 0.2) is 47.8 Å². The number of carbonyl (C=O) groups is 1. The second-order valence-corrected chi connectivity index (χ2v) is 5.27. The van der Waals surface area contributed by atoms with Gasteiger partial charge in [0, 0.05) is 18.6 Å². The lowest BCUT2D eigenvalue weighted by Crippen LogP contribution is -2.24. The van der Waals surface area contributed by atoms with Crippen molar-refractivity contribution >= 4 is 17.2 Å². The third-order valence-corrected chi connectivity index (χ3v) is 3.70. The Morgan fingerprint density at radius 2 is 2.23 bits per heavy atom. The lowest BCUT2D eigenvalue weighted by Gasteiger charge is -2.15. The standard InChI is InChI=1S/C18H15N5O3/c1-2-26-18(25)15-14-5-3-4-8-23(14)17(24)13(9-19)16(15)22-11-12-10-20-6-7-21-12/h3-8,10,22H,2,11H2,1H3. The van der Waals surface area contributed by atoms with Crippen LogP contribution in [0.1, 0.15) is 28.5 Å². The summed E-state index contributed by atoms with van der Waals surface area (Å²) < 4.78 is 6.40. The third kappa shape index (κ3) is 3.10. The van der Waals surface area contributed by atoms with Gasteiger partial charge in [0.2, 0.25) is 0 Å². The van der Waals surface area contributed by atoms with Gasteiger partial charge in [-0.15, -0.1) is 0 Å². The largest absolute Gasteiger partial charge is 0.462 e. The fourth-order valence-electron chi connectivity index (χ4n) is 2.59. The fourth-order valence-corrected chi connectivity index (χ4v) is 2.59. The van der Waals surface area contributed by atoms with Gasteiger partial charge in [-0.3, -0.25) is 19.2 Å². The van der Waals surface area contributed by atoms with Crippen LogP contribution in [0, 0.1) is 11.3 Å². The molecule has 3 aromatic rings. The van der Waals surface area contributed by atoms with Gasteiger partial charge >= 0.3 is 5.97 Å². The molecule has 3 aromatic heterocycles.